The molecule has 3 heteroatoms. The molecule has 0 fully saturated rings. The molecule has 1 N–H and O–H groups in total. The first-order valence-corrected chi connectivity index (χ1v) is 8.96. The Morgan fingerprint density at radius 2 is 1.86 bits per heavy atom. The Bertz CT molecular complexity index is 414. The molecule has 0 saturated heterocycles. The van der Waals surface area contributed by atoms with Crippen LogP contribution in [0.4, 0.5) is 0 Å². The minimum absolute atomic E-state index is 0.677. The van der Waals surface area contributed by atoms with E-state index in [1.54, 1.807) is 0 Å². The van der Waals surface area contributed by atoms with E-state index >= 15 is 0 Å². The Labute approximate surface area is 139 Å². The SMILES string of the molecule is CCC(CC)N(Cc1ccc(CNC)cc1Br)CC(C)C. The van der Waals surface area contributed by atoms with Crippen LogP contribution in [0.1, 0.15) is 51.7 Å². The van der Waals surface area contributed by atoms with Crippen molar-refractivity contribution in [2.24, 2.45) is 5.92 Å². The van der Waals surface area contributed by atoms with E-state index in [2.05, 4.69) is 72.0 Å². The van der Waals surface area contributed by atoms with E-state index in [9.17, 15) is 0 Å². The summed E-state index contributed by atoms with van der Waals surface area (Å²) in [6.45, 7) is 12.3. The molecule has 1 aromatic rings. The van der Waals surface area contributed by atoms with Crippen LogP contribution >= 0.6 is 15.9 Å². The summed E-state index contributed by atoms with van der Waals surface area (Å²) in [6, 6.07) is 7.42. The number of halogens is 1. The van der Waals surface area contributed by atoms with Crippen LogP contribution < -0.4 is 5.32 Å². The topological polar surface area (TPSA) is 15.3 Å². The number of hydrogen-bond donors (Lipinski definition) is 1. The third-order valence-corrected chi connectivity index (χ3v) is 4.67. The molecule has 0 aliphatic rings. The fraction of sp³-hybridized carbons (Fsp3) is 0.667. The highest BCUT2D eigenvalue weighted by Crippen LogP contribution is 2.23. The average Bonchev–Trinajstić information content (AvgIpc) is 2.42. The third-order valence-electron chi connectivity index (χ3n) is 3.93. The molecule has 21 heavy (non-hydrogen) atoms. The molecule has 0 aromatic heterocycles. The number of nitrogens with zero attached hydrogens (tertiary/aromatic N) is 1. The lowest BCUT2D eigenvalue weighted by Gasteiger charge is -2.32. The van der Waals surface area contributed by atoms with Crippen LogP contribution in [0.2, 0.25) is 0 Å². The van der Waals surface area contributed by atoms with Gasteiger partial charge in [0, 0.05) is 30.1 Å². The molecular weight excluding hydrogens is 324 g/mol. The largest absolute Gasteiger partial charge is 0.316 e. The fourth-order valence-electron chi connectivity index (χ4n) is 2.87. The van der Waals surface area contributed by atoms with E-state index in [4.69, 9.17) is 0 Å². The van der Waals surface area contributed by atoms with Crippen molar-refractivity contribution in [3.8, 4) is 0 Å². The second-order valence-electron chi connectivity index (χ2n) is 6.25. The lowest BCUT2D eigenvalue weighted by molar-refractivity contribution is 0.157. The van der Waals surface area contributed by atoms with Gasteiger partial charge >= 0.3 is 0 Å². The Morgan fingerprint density at radius 1 is 1.19 bits per heavy atom. The van der Waals surface area contributed by atoms with Gasteiger partial charge in [-0.2, -0.15) is 0 Å². The first-order valence-electron chi connectivity index (χ1n) is 8.17. The van der Waals surface area contributed by atoms with Crippen molar-refractivity contribution < 1.29 is 0 Å². The van der Waals surface area contributed by atoms with E-state index in [1.807, 2.05) is 7.05 Å². The van der Waals surface area contributed by atoms with Gasteiger partial charge in [0.1, 0.15) is 0 Å². The van der Waals surface area contributed by atoms with Gasteiger partial charge in [0.2, 0.25) is 0 Å². The monoisotopic (exact) mass is 354 g/mol. The Hall–Kier alpha value is -0.380. The Morgan fingerprint density at radius 3 is 2.33 bits per heavy atom. The molecule has 0 heterocycles. The van der Waals surface area contributed by atoms with Gasteiger partial charge in [0.25, 0.3) is 0 Å². The van der Waals surface area contributed by atoms with Gasteiger partial charge in [-0.25, -0.2) is 0 Å². The highest BCUT2D eigenvalue weighted by molar-refractivity contribution is 9.10. The maximum Gasteiger partial charge on any atom is 0.0247 e. The van der Waals surface area contributed by atoms with E-state index in [0.717, 1.165) is 19.6 Å². The molecule has 0 amide bonds. The van der Waals surface area contributed by atoms with Gasteiger partial charge < -0.3 is 5.32 Å². The predicted molar refractivity (Wildman–Crippen MR) is 96.5 cm³/mol. The zero-order chi connectivity index (χ0) is 15.8. The first kappa shape index (κ1) is 18.7. The molecule has 1 aromatic carbocycles. The van der Waals surface area contributed by atoms with Crippen molar-refractivity contribution in [3.05, 3.63) is 33.8 Å². The zero-order valence-corrected chi connectivity index (χ0v) is 15.8. The number of nitrogens with one attached hydrogen (secondary N) is 1. The number of hydrogen-bond acceptors (Lipinski definition) is 2. The summed E-state index contributed by atoms with van der Waals surface area (Å²) in [5.41, 5.74) is 2.72. The lowest BCUT2D eigenvalue weighted by Crippen LogP contribution is -2.36. The van der Waals surface area contributed by atoms with Crippen LogP contribution in [0, 0.1) is 5.92 Å². The number of benzene rings is 1. The van der Waals surface area contributed by atoms with Gasteiger partial charge in [0.05, 0.1) is 0 Å². The highest BCUT2D eigenvalue weighted by atomic mass is 79.9. The summed E-state index contributed by atoms with van der Waals surface area (Å²) < 4.78 is 1.23. The smallest absolute Gasteiger partial charge is 0.0247 e. The lowest BCUT2D eigenvalue weighted by atomic mass is 10.0. The minimum atomic E-state index is 0.677. The number of rotatable bonds is 9. The van der Waals surface area contributed by atoms with E-state index in [0.29, 0.717) is 12.0 Å². The molecule has 1 rings (SSSR count). The van der Waals surface area contributed by atoms with Crippen molar-refractivity contribution in [1.82, 2.24) is 10.2 Å². The highest BCUT2D eigenvalue weighted by Gasteiger charge is 2.17. The zero-order valence-electron chi connectivity index (χ0n) is 14.2. The normalized spacial score (nSPS) is 11.9. The van der Waals surface area contributed by atoms with Crippen molar-refractivity contribution in [2.75, 3.05) is 13.6 Å². The van der Waals surface area contributed by atoms with Gasteiger partial charge in [0.15, 0.2) is 0 Å². The van der Waals surface area contributed by atoms with Gasteiger partial charge in [-0.15, -0.1) is 0 Å². The summed E-state index contributed by atoms with van der Waals surface area (Å²) in [5.74, 6) is 0.702. The molecule has 0 aliphatic heterocycles. The molecule has 0 bridgehead atoms. The maximum atomic E-state index is 3.75. The molecule has 0 saturated carbocycles. The minimum Gasteiger partial charge on any atom is -0.316 e. The summed E-state index contributed by atoms with van der Waals surface area (Å²) in [7, 11) is 1.99. The second-order valence-corrected chi connectivity index (χ2v) is 7.10. The summed E-state index contributed by atoms with van der Waals surface area (Å²) in [5, 5.41) is 3.20. The molecule has 0 aliphatic carbocycles. The molecule has 0 spiro atoms. The molecular formula is C18H31BrN2. The van der Waals surface area contributed by atoms with E-state index < -0.39 is 0 Å². The Balaban J connectivity index is 2.87. The van der Waals surface area contributed by atoms with Crippen LogP contribution in [0.25, 0.3) is 0 Å². The quantitative estimate of drug-likeness (QED) is 0.684. The predicted octanol–water partition coefficient (Wildman–Crippen LogP) is 4.82. The standard InChI is InChI=1S/C18H31BrN2/c1-6-17(7-2)21(12-14(3)4)13-16-9-8-15(11-20-5)10-18(16)19/h8-10,14,17,20H,6-7,11-13H2,1-5H3. The molecule has 0 atom stereocenters. The van der Waals surface area contributed by atoms with Gasteiger partial charge in [-0.05, 0) is 43.0 Å². The van der Waals surface area contributed by atoms with E-state index in [-0.39, 0.29) is 0 Å². The van der Waals surface area contributed by atoms with Crippen LogP contribution in [0.5, 0.6) is 0 Å². The van der Waals surface area contributed by atoms with Crippen LogP contribution in [0.15, 0.2) is 22.7 Å². The Kier molecular flexibility index (Phi) is 8.53. The van der Waals surface area contributed by atoms with Crippen molar-refractivity contribution in [3.63, 3.8) is 0 Å². The second kappa shape index (κ2) is 9.60. The first-order chi connectivity index (χ1) is 10.0. The van der Waals surface area contributed by atoms with Crippen LogP contribution in [0.3, 0.4) is 0 Å². The summed E-state index contributed by atoms with van der Waals surface area (Å²) in [4.78, 5) is 2.64. The van der Waals surface area contributed by atoms with Crippen molar-refractivity contribution in [1.29, 1.82) is 0 Å². The fourth-order valence-corrected chi connectivity index (χ4v) is 3.42. The van der Waals surface area contributed by atoms with E-state index in [1.165, 1.54) is 28.4 Å². The molecule has 120 valence electrons. The maximum absolute atomic E-state index is 3.75. The molecule has 2 nitrogen and oxygen atoms in total. The van der Waals surface area contributed by atoms with Crippen LogP contribution in [-0.2, 0) is 13.1 Å². The average molecular weight is 355 g/mol. The van der Waals surface area contributed by atoms with Crippen molar-refractivity contribution >= 4 is 15.9 Å². The van der Waals surface area contributed by atoms with Gasteiger partial charge in [-0.3, -0.25) is 4.90 Å². The molecule has 0 unspecified atom stereocenters. The van der Waals surface area contributed by atoms with Crippen molar-refractivity contribution in [2.45, 2.75) is 59.7 Å². The third kappa shape index (κ3) is 6.09. The summed E-state index contributed by atoms with van der Waals surface area (Å²) in [6.07, 6.45) is 2.44. The molecule has 0 radical (unpaired) electrons. The van der Waals surface area contributed by atoms with Crippen LogP contribution in [-0.4, -0.2) is 24.5 Å². The summed E-state index contributed by atoms with van der Waals surface area (Å²) >= 11 is 3.75. The van der Waals surface area contributed by atoms with Gasteiger partial charge in [-0.1, -0.05) is 55.8 Å².